The van der Waals surface area contributed by atoms with Gasteiger partial charge in [0, 0.05) is 17.3 Å². The van der Waals surface area contributed by atoms with Crippen LogP contribution in [-0.4, -0.2) is 17.1 Å². The number of ether oxygens (including phenoxy) is 1. The quantitative estimate of drug-likeness (QED) is 0.776. The molecule has 23 heavy (non-hydrogen) atoms. The van der Waals surface area contributed by atoms with Crippen LogP contribution in [0.5, 0.6) is 5.75 Å². The third kappa shape index (κ3) is 2.60. The van der Waals surface area contributed by atoms with E-state index in [4.69, 9.17) is 10.5 Å². The Balaban J connectivity index is 2.28. The van der Waals surface area contributed by atoms with Crippen molar-refractivity contribution in [2.75, 3.05) is 12.8 Å². The zero-order chi connectivity index (χ0) is 16.4. The molecule has 3 N–H and O–H groups in total. The number of nitriles is 1. The summed E-state index contributed by atoms with van der Waals surface area (Å²) in [5.41, 5.74) is 7.90. The Labute approximate surface area is 132 Å². The van der Waals surface area contributed by atoms with Gasteiger partial charge >= 0.3 is 0 Å². The lowest BCUT2D eigenvalue weighted by molar-refractivity contribution is 0.414. The number of nitrogens with two attached hydrogens (primary N) is 1. The van der Waals surface area contributed by atoms with Gasteiger partial charge in [-0.1, -0.05) is 0 Å². The minimum atomic E-state index is -0.467. The number of anilines is 1. The van der Waals surface area contributed by atoms with Crippen LogP contribution in [0.2, 0.25) is 0 Å². The lowest BCUT2D eigenvalue weighted by atomic mass is 9.99. The Kier molecular flexibility index (Phi) is 3.69. The highest BCUT2D eigenvalue weighted by Gasteiger charge is 2.17. The first kappa shape index (κ1) is 14.6. The zero-order valence-electron chi connectivity index (χ0n) is 12.3. The molecule has 114 valence electrons. The Morgan fingerprint density at radius 1 is 1.26 bits per heavy atom. The van der Waals surface area contributed by atoms with Crippen molar-refractivity contribution in [2.45, 2.75) is 0 Å². The minimum absolute atomic E-state index is 0.0526. The number of benzene rings is 1. The van der Waals surface area contributed by atoms with Crippen molar-refractivity contribution in [2.24, 2.45) is 0 Å². The Hall–Kier alpha value is -3.33. The van der Waals surface area contributed by atoms with E-state index in [2.05, 4.69) is 9.97 Å². The number of methoxy groups -OCH3 is 1. The molecule has 0 saturated carbocycles. The number of nitrogens with zero attached hydrogens (tertiary/aromatic N) is 2. The number of aromatic amines is 1. The molecular weight excluding hydrogens is 295 g/mol. The third-order valence-corrected chi connectivity index (χ3v) is 3.50. The van der Waals surface area contributed by atoms with Crippen molar-refractivity contribution in [3.8, 4) is 34.3 Å². The van der Waals surface area contributed by atoms with E-state index in [9.17, 15) is 9.65 Å². The molecule has 0 amide bonds. The average molecular weight is 308 g/mol. The van der Waals surface area contributed by atoms with E-state index in [-0.39, 0.29) is 16.9 Å². The second kappa shape index (κ2) is 5.81. The second-order valence-corrected chi connectivity index (χ2v) is 4.86. The van der Waals surface area contributed by atoms with Gasteiger partial charge in [-0.2, -0.15) is 5.26 Å². The standard InChI is InChI=1S/C17H13FN4O/c1-23-10-4-5-14(18)12(7-10)11-8-16(15-3-2-6-21-15)22-17(20)13(11)9-19/h2-8,21H,1H3,(H2,20,22). The zero-order valence-corrected chi connectivity index (χ0v) is 12.3. The average Bonchev–Trinajstić information content (AvgIpc) is 3.09. The van der Waals surface area contributed by atoms with E-state index in [1.807, 2.05) is 18.2 Å². The predicted molar refractivity (Wildman–Crippen MR) is 85.1 cm³/mol. The summed E-state index contributed by atoms with van der Waals surface area (Å²) in [6.45, 7) is 0. The summed E-state index contributed by atoms with van der Waals surface area (Å²) in [6, 6.07) is 11.6. The monoisotopic (exact) mass is 308 g/mol. The summed E-state index contributed by atoms with van der Waals surface area (Å²) >= 11 is 0. The second-order valence-electron chi connectivity index (χ2n) is 4.86. The Bertz CT molecular complexity index is 898. The van der Waals surface area contributed by atoms with Crippen molar-refractivity contribution in [3.63, 3.8) is 0 Å². The van der Waals surface area contributed by atoms with E-state index in [1.54, 1.807) is 12.3 Å². The lowest BCUT2D eigenvalue weighted by Gasteiger charge is -2.11. The number of aromatic nitrogens is 2. The van der Waals surface area contributed by atoms with Crippen LogP contribution in [0.15, 0.2) is 42.6 Å². The summed E-state index contributed by atoms with van der Waals surface area (Å²) < 4.78 is 19.4. The molecule has 0 radical (unpaired) electrons. The van der Waals surface area contributed by atoms with Crippen LogP contribution in [0.3, 0.4) is 0 Å². The molecule has 2 heterocycles. The minimum Gasteiger partial charge on any atom is -0.497 e. The van der Waals surface area contributed by atoms with Crippen LogP contribution in [0.4, 0.5) is 10.2 Å². The molecule has 0 unspecified atom stereocenters. The fraction of sp³-hybridized carbons (Fsp3) is 0.0588. The molecule has 0 spiro atoms. The van der Waals surface area contributed by atoms with E-state index in [0.717, 1.165) is 5.69 Å². The predicted octanol–water partition coefficient (Wildman–Crippen LogP) is 3.35. The van der Waals surface area contributed by atoms with E-state index in [0.29, 0.717) is 17.0 Å². The summed E-state index contributed by atoms with van der Waals surface area (Å²) in [6.07, 6.45) is 1.75. The molecule has 0 aliphatic heterocycles. The van der Waals surface area contributed by atoms with Gasteiger partial charge in [0.2, 0.25) is 0 Å². The maximum atomic E-state index is 14.3. The van der Waals surface area contributed by atoms with E-state index in [1.165, 1.54) is 25.3 Å². The van der Waals surface area contributed by atoms with Crippen molar-refractivity contribution in [3.05, 3.63) is 54.0 Å². The first-order valence-electron chi connectivity index (χ1n) is 6.82. The van der Waals surface area contributed by atoms with Gasteiger partial charge in [0.05, 0.1) is 18.5 Å². The molecule has 3 rings (SSSR count). The van der Waals surface area contributed by atoms with Crippen LogP contribution < -0.4 is 10.5 Å². The number of hydrogen-bond donors (Lipinski definition) is 2. The van der Waals surface area contributed by atoms with Gasteiger partial charge in [-0.3, -0.25) is 0 Å². The highest BCUT2D eigenvalue weighted by Crippen LogP contribution is 2.34. The van der Waals surface area contributed by atoms with Gasteiger partial charge in [0.1, 0.15) is 29.0 Å². The first-order valence-corrected chi connectivity index (χ1v) is 6.82. The maximum absolute atomic E-state index is 14.3. The molecule has 6 heteroatoms. The molecule has 0 aliphatic rings. The third-order valence-electron chi connectivity index (χ3n) is 3.50. The first-order chi connectivity index (χ1) is 11.1. The molecule has 0 fully saturated rings. The topological polar surface area (TPSA) is 87.7 Å². The Morgan fingerprint density at radius 3 is 2.74 bits per heavy atom. The fourth-order valence-electron chi connectivity index (χ4n) is 2.36. The number of nitrogen functional groups attached to an aromatic ring is 1. The number of nitrogens with one attached hydrogen (secondary N) is 1. The van der Waals surface area contributed by atoms with Crippen molar-refractivity contribution in [1.82, 2.24) is 9.97 Å². The number of rotatable bonds is 3. The van der Waals surface area contributed by atoms with Gasteiger partial charge in [-0.25, -0.2) is 9.37 Å². The van der Waals surface area contributed by atoms with Crippen LogP contribution in [0.1, 0.15) is 5.56 Å². The molecule has 2 aromatic heterocycles. The number of pyridine rings is 1. The van der Waals surface area contributed by atoms with Gasteiger partial charge in [0.15, 0.2) is 0 Å². The van der Waals surface area contributed by atoms with E-state index >= 15 is 0 Å². The molecule has 0 atom stereocenters. The molecule has 3 aromatic rings. The SMILES string of the molecule is COc1ccc(F)c(-c2cc(-c3ccc[nH]3)nc(N)c2C#N)c1. The van der Waals surface area contributed by atoms with Gasteiger partial charge in [-0.15, -0.1) is 0 Å². The van der Waals surface area contributed by atoms with Crippen molar-refractivity contribution >= 4 is 5.82 Å². The summed E-state index contributed by atoms with van der Waals surface area (Å²) in [4.78, 5) is 7.23. The molecule has 1 aromatic carbocycles. The smallest absolute Gasteiger partial charge is 0.142 e. The number of H-pyrrole nitrogens is 1. The summed E-state index contributed by atoms with van der Waals surface area (Å²) in [5.74, 6) is 0.0734. The highest BCUT2D eigenvalue weighted by atomic mass is 19.1. The molecule has 0 saturated heterocycles. The molecule has 0 aliphatic carbocycles. The van der Waals surface area contributed by atoms with Crippen LogP contribution >= 0.6 is 0 Å². The van der Waals surface area contributed by atoms with Crippen LogP contribution in [0, 0.1) is 17.1 Å². The normalized spacial score (nSPS) is 10.3. The molecule has 0 bridgehead atoms. The van der Waals surface area contributed by atoms with Crippen molar-refractivity contribution < 1.29 is 9.13 Å². The number of hydrogen-bond acceptors (Lipinski definition) is 4. The fourth-order valence-corrected chi connectivity index (χ4v) is 2.36. The van der Waals surface area contributed by atoms with Crippen LogP contribution in [0.25, 0.3) is 22.5 Å². The van der Waals surface area contributed by atoms with Crippen LogP contribution in [-0.2, 0) is 0 Å². The summed E-state index contributed by atoms with van der Waals surface area (Å²) in [7, 11) is 1.49. The largest absolute Gasteiger partial charge is 0.497 e. The molecule has 5 nitrogen and oxygen atoms in total. The highest BCUT2D eigenvalue weighted by molar-refractivity contribution is 5.80. The Morgan fingerprint density at radius 2 is 2.09 bits per heavy atom. The maximum Gasteiger partial charge on any atom is 0.142 e. The lowest BCUT2D eigenvalue weighted by Crippen LogP contribution is -2.01. The van der Waals surface area contributed by atoms with Gasteiger partial charge in [-0.05, 0) is 36.4 Å². The van der Waals surface area contributed by atoms with Gasteiger partial charge < -0.3 is 15.5 Å². The van der Waals surface area contributed by atoms with Gasteiger partial charge in [0.25, 0.3) is 0 Å². The number of halogens is 1. The van der Waals surface area contributed by atoms with Crippen molar-refractivity contribution in [1.29, 1.82) is 5.26 Å². The molecular formula is C17H13FN4O. The summed E-state index contributed by atoms with van der Waals surface area (Å²) in [5, 5.41) is 9.37. The van der Waals surface area contributed by atoms with E-state index < -0.39 is 5.82 Å².